The number of nitriles is 1. The third kappa shape index (κ3) is 2.09. The molecule has 1 aromatic heterocycles. The molecule has 1 aromatic carbocycles. The highest BCUT2D eigenvalue weighted by atomic mass is 15.1. The minimum absolute atomic E-state index is 0.212. The standard InChI is InChI=1S/C13H13N5/c1-9-4-2-3-5-10(9)7-18-8-17-12(13(18)16)11(15)6-14/h2-5,8,15H,7,16H2,1H3. The van der Waals surface area contributed by atoms with Crippen LogP contribution in [-0.4, -0.2) is 15.3 Å². The van der Waals surface area contributed by atoms with E-state index in [0.717, 1.165) is 5.56 Å². The molecule has 0 aliphatic rings. The van der Waals surface area contributed by atoms with Crippen molar-refractivity contribution in [3.8, 4) is 6.07 Å². The van der Waals surface area contributed by atoms with Crippen molar-refractivity contribution in [2.24, 2.45) is 0 Å². The number of aromatic nitrogens is 2. The van der Waals surface area contributed by atoms with Gasteiger partial charge in [-0.3, -0.25) is 5.41 Å². The highest BCUT2D eigenvalue weighted by Gasteiger charge is 2.12. The summed E-state index contributed by atoms with van der Waals surface area (Å²) in [5.74, 6) is 0.352. The molecule has 0 saturated carbocycles. The van der Waals surface area contributed by atoms with Crippen LogP contribution < -0.4 is 5.73 Å². The second-order valence-corrected chi connectivity index (χ2v) is 4.02. The zero-order valence-electron chi connectivity index (χ0n) is 10.0. The zero-order chi connectivity index (χ0) is 13.1. The lowest BCUT2D eigenvalue weighted by Crippen LogP contribution is -2.07. The number of aryl methyl sites for hydroxylation is 1. The van der Waals surface area contributed by atoms with E-state index in [1.807, 2.05) is 31.2 Å². The second kappa shape index (κ2) is 4.72. The van der Waals surface area contributed by atoms with Gasteiger partial charge in [0.05, 0.1) is 12.9 Å². The maximum Gasteiger partial charge on any atom is 0.161 e. The van der Waals surface area contributed by atoms with Crippen LogP contribution in [0.5, 0.6) is 0 Å². The van der Waals surface area contributed by atoms with Crippen molar-refractivity contribution >= 4 is 11.5 Å². The quantitative estimate of drug-likeness (QED) is 0.799. The van der Waals surface area contributed by atoms with Crippen molar-refractivity contribution in [3.05, 3.63) is 47.4 Å². The number of anilines is 1. The van der Waals surface area contributed by atoms with Gasteiger partial charge >= 0.3 is 0 Å². The number of nitrogens with two attached hydrogens (primary N) is 1. The van der Waals surface area contributed by atoms with Gasteiger partial charge in [0.1, 0.15) is 17.6 Å². The molecule has 0 radical (unpaired) electrons. The van der Waals surface area contributed by atoms with Gasteiger partial charge in [0, 0.05) is 0 Å². The second-order valence-electron chi connectivity index (χ2n) is 4.02. The van der Waals surface area contributed by atoms with Crippen molar-refractivity contribution in [2.75, 3.05) is 5.73 Å². The molecule has 0 fully saturated rings. The summed E-state index contributed by atoms with van der Waals surface area (Å²) in [4.78, 5) is 4.00. The van der Waals surface area contributed by atoms with E-state index in [0.29, 0.717) is 12.4 Å². The maximum atomic E-state index is 8.68. The zero-order valence-corrected chi connectivity index (χ0v) is 10.0. The van der Waals surface area contributed by atoms with Gasteiger partial charge in [0.25, 0.3) is 0 Å². The molecule has 0 bridgehead atoms. The van der Waals surface area contributed by atoms with Crippen LogP contribution in [0.15, 0.2) is 30.6 Å². The third-order valence-electron chi connectivity index (χ3n) is 2.83. The van der Waals surface area contributed by atoms with Gasteiger partial charge < -0.3 is 10.3 Å². The lowest BCUT2D eigenvalue weighted by atomic mass is 10.1. The SMILES string of the molecule is Cc1ccccc1Cn1cnc(C(=N)C#N)c1N. The lowest BCUT2D eigenvalue weighted by Gasteiger charge is -2.08. The molecule has 5 heteroatoms. The van der Waals surface area contributed by atoms with E-state index >= 15 is 0 Å². The third-order valence-corrected chi connectivity index (χ3v) is 2.83. The highest BCUT2D eigenvalue weighted by molar-refractivity contribution is 6.10. The van der Waals surface area contributed by atoms with E-state index in [4.69, 9.17) is 16.4 Å². The summed E-state index contributed by atoms with van der Waals surface area (Å²) in [6.07, 6.45) is 1.56. The van der Waals surface area contributed by atoms with Crippen LogP contribution in [-0.2, 0) is 6.54 Å². The van der Waals surface area contributed by atoms with Crippen molar-refractivity contribution in [1.29, 1.82) is 10.7 Å². The van der Waals surface area contributed by atoms with Crippen LogP contribution in [0.4, 0.5) is 5.82 Å². The molecule has 2 rings (SSSR count). The van der Waals surface area contributed by atoms with Gasteiger partial charge in [-0.05, 0) is 18.1 Å². The number of rotatable bonds is 3. The van der Waals surface area contributed by atoms with Crippen LogP contribution in [0.25, 0.3) is 0 Å². The monoisotopic (exact) mass is 239 g/mol. The number of hydrogen-bond acceptors (Lipinski definition) is 4. The predicted octanol–water partition coefficient (Wildman–Crippen LogP) is 1.71. The Balaban J connectivity index is 2.32. The Morgan fingerprint density at radius 2 is 2.22 bits per heavy atom. The number of nitrogen functional groups attached to an aromatic ring is 1. The molecule has 0 unspecified atom stereocenters. The fraction of sp³-hybridized carbons (Fsp3) is 0.154. The van der Waals surface area contributed by atoms with Gasteiger partial charge in [0.15, 0.2) is 5.71 Å². The molecule has 18 heavy (non-hydrogen) atoms. The molecular formula is C13H13N5. The molecule has 0 amide bonds. The summed E-state index contributed by atoms with van der Waals surface area (Å²) in [6.45, 7) is 2.62. The smallest absolute Gasteiger partial charge is 0.161 e. The molecule has 0 aliphatic heterocycles. The van der Waals surface area contributed by atoms with E-state index in [1.165, 1.54) is 5.56 Å². The molecule has 0 atom stereocenters. The summed E-state index contributed by atoms with van der Waals surface area (Å²) in [5.41, 5.74) is 8.22. The molecule has 0 aliphatic carbocycles. The van der Waals surface area contributed by atoms with E-state index in [9.17, 15) is 0 Å². The number of imidazole rings is 1. The van der Waals surface area contributed by atoms with Gasteiger partial charge in [-0.15, -0.1) is 0 Å². The summed E-state index contributed by atoms with van der Waals surface area (Å²) < 4.78 is 1.74. The van der Waals surface area contributed by atoms with Crippen molar-refractivity contribution in [3.63, 3.8) is 0 Å². The fourth-order valence-electron chi connectivity index (χ4n) is 1.73. The van der Waals surface area contributed by atoms with Crippen LogP contribution in [0, 0.1) is 23.7 Å². The normalized spacial score (nSPS) is 10.0. The van der Waals surface area contributed by atoms with Crippen LogP contribution in [0.3, 0.4) is 0 Å². The number of benzene rings is 1. The summed E-state index contributed by atoms with van der Waals surface area (Å²) in [5, 5.41) is 16.1. The van der Waals surface area contributed by atoms with Gasteiger partial charge in [-0.1, -0.05) is 24.3 Å². The molecule has 3 N–H and O–H groups in total. The minimum Gasteiger partial charge on any atom is -0.383 e. The van der Waals surface area contributed by atoms with Crippen LogP contribution in [0.2, 0.25) is 0 Å². The van der Waals surface area contributed by atoms with Gasteiger partial charge in [-0.2, -0.15) is 5.26 Å². The topological polar surface area (TPSA) is 91.5 Å². The van der Waals surface area contributed by atoms with Gasteiger partial charge in [0.2, 0.25) is 0 Å². The van der Waals surface area contributed by atoms with Crippen LogP contribution >= 0.6 is 0 Å². The molecule has 0 spiro atoms. The molecule has 2 aromatic rings. The number of hydrogen-bond donors (Lipinski definition) is 2. The molecule has 5 nitrogen and oxygen atoms in total. The van der Waals surface area contributed by atoms with Gasteiger partial charge in [-0.25, -0.2) is 4.98 Å². The average molecular weight is 239 g/mol. The number of nitrogens with one attached hydrogen (secondary N) is 1. The lowest BCUT2D eigenvalue weighted by molar-refractivity contribution is 0.802. The summed E-state index contributed by atoms with van der Waals surface area (Å²) in [6, 6.07) is 9.73. The fourth-order valence-corrected chi connectivity index (χ4v) is 1.73. The Morgan fingerprint density at radius 1 is 1.50 bits per heavy atom. The highest BCUT2D eigenvalue weighted by Crippen LogP contribution is 2.15. The van der Waals surface area contributed by atoms with Crippen molar-refractivity contribution in [2.45, 2.75) is 13.5 Å². The maximum absolute atomic E-state index is 8.68. The molecular weight excluding hydrogens is 226 g/mol. The Labute approximate surface area is 105 Å². The average Bonchev–Trinajstić information content (AvgIpc) is 2.73. The Bertz CT molecular complexity index is 633. The van der Waals surface area contributed by atoms with Crippen LogP contribution in [0.1, 0.15) is 16.8 Å². The first-order valence-corrected chi connectivity index (χ1v) is 5.47. The van der Waals surface area contributed by atoms with Crippen molar-refractivity contribution in [1.82, 2.24) is 9.55 Å². The molecule has 90 valence electrons. The first-order chi connectivity index (χ1) is 8.63. The molecule has 0 saturated heterocycles. The predicted molar refractivity (Wildman–Crippen MR) is 69.4 cm³/mol. The molecule has 1 heterocycles. The Hall–Kier alpha value is -2.61. The first kappa shape index (κ1) is 11.9. The number of nitrogens with zero attached hydrogens (tertiary/aromatic N) is 3. The van der Waals surface area contributed by atoms with E-state index in [1.54, 1.807) is 17.0 Å². The van der Waals surface area contributed by atoms with E-state index in [-0.39, 0.29) is 11.4 Å². The Morgan fingerprint density at radius 3 is 2.89 bits per heavy atom. The Kier molecular flexibility index (Phi) is 3.11. The van der Waals surface area contributed by atoms with Crippen molar-refractivity contribution < 1.29 is 0 Å². The summed E-state index contributed by atoms with van der Waals surface area (Å²) in [7, 11) is 0. The summed E-state index contributed by atoms with van der Waals surface area (Å²) >= 11 is 0. The van der Waals surface area contributed by atoms with E-state index in [2.05, 4.69) is 4.98 Å². The van der Waals surface area contributed by atoms with E-state index < -0.39 is 0 Å². The first-order valence-electron chi connectivity index (χ1n) is 5.47. The largest absolute Gasteiger partial charge is 0.383 e. The minimum atomic E-state index is -0.212.